The van der Waals surface area contributed by atoms with Crippen LogP contribution in [-0.2, 0) is 0 Å². The van der Waals surface area contributed by atoms with Gasteiger partial charge in [-0.1, -0.05) is 66.7 Å². The van der Waals surface area contributed by atoms with E-state index < -0.39 is 0 Å². The molecular formula is C23H17ClN4. The summed E-state index contributed by atoms with van der Waals surface area (Å²) in [5.41, 5.74) is 2.99. The quantitative estimate of drug-likeness (QED) is 0.440. The first-order chi connectivity index (χ1) is 13.4. The molecule has 0 unspecified atom stereocenters. The van der Waals surface area contributed by atoms with Gasteiger partial charge in [0.15, 0.2) is 5.21 Å². The zero-order valence-corrected chi connectivity index (χ0v) is 15.7. The van der Waals surface area contributed by atoms with Crippen LogP contribution in [-0.4, -0.2) is 15.1 Å². The smallest absolute Gasteiger partial charge is 0.337 e. The molecule has 0 atom stereocenters. The van der Waals surface area contributed by atoms with E-state index in [4.69, 9.17) is 0 Å². The van der Waals surface area contributed by atoms with Gasteiger partial charge in [0, 0.05) is 0 Å². The van der Waals surface area contributed by atoms with E-state index in [0.717, 1.165) is 22.8 Å². The maximum Gasteiger partial charge on any atom is 0.337 e. The predicted octanol–water partition coefficient (Wildman–Crippen LogP) is 1.37. The number of hydrogen-bond donors (Lipinski definition) is 0. The number of nitrogens with zero attached hydrogens (tertiary/aromatic N) is 4. The Morgan fingerprint density at radius 3 is 2.04 bits per heavy atom. The van der Waals surface area contributed by atoms with E-state index in [0.29, 0.717) is 0 Å². The molecule has 136 valence electrons. The Balaban J connectivity index is 0.00000192. The minimum atomic E-state index is 0. The highest BCUT2D eigenvalue weighted by Gasteiger charge is 2.25. The van der Waals surface area contributed by atoms with Gasteiger partial charge in [-0.05, 0) is 52.0 Å². The molecule has 0 saturated heterocycles. The fourth-order valence-electron chi connectivity index (χ4n) is 3.29. The van der Waals surface area contributed by atoms with Crippen molar-refractivity contribution in [2.45, 2.75) is 0 Å². The Bertz CT molecular complexity index is 1160. The second kappa shape index (κ2) is 7.62. The van der Waals surface area contributed by atoms with Gasteiger partial charge in [-0.15, -0.1) is 4.68 Å². The topological polar surface area (TPSA) is 34.6 Å². The molecule has 5 aromatic rings. The van der Waals surface area contributed by atoms with Gasteiger partial charge < -0.3 is 12.4 Å². The molecule has 0 spiro atoms. The SMILES string of the molecule is [Cl-].c1ccc(-c2nnn(-c3ccccc3)[n+]2-c2ccc3ccccc3c2)cc1. The molecule has 0 saturated carbocycles. The highest BCUT2D eigenvalue weighted by molar-refractivity contribution is 5.83. The van der Waals surface area contributed by atoms with Crippen LogP contribution in [0.25, 0.3) is 33.5 Å². The van der Waals surface area contributed by atoms with E-state index >= 15 is 0 Å². The maximum atomic E-state index is 4.50. The fraction of sp³-hybridized carbons (Fsp3) is 0. The van der Waals surface area contributed by atoms with Crippen molar-refractivity contribution in [3.63, 3.8) is 0 Å². The summed E-state index contributed by atoms with van der Waals surface area (Å²) in [6.07, 6.45) is 0. The van der Waals surface area contributed by atoms with Crippen molar-refractivity contribution in [1.82, 2.24) is 15.1 Å². The lowest BCUT2D eigenvalue weighted by molar-refractivity contribution is -0.669. The third kappa shape index (κ3) is 3.15. The average Bonchev–Trinajstić information content (AvgIpc) is 3.20. The van der Waals surface area contributed by atoms with Gasteiger partial charge >= 0.3 is 5.82 Å². The second-order valence-corrected chi connectivity index (χ2v) is 6.35. The van der Waals surface area contributed by atoms with Gasteiger partial charge in [0.2, 0.25) is 0 Å². The van der Waals surface area contributed by atoms with Crippen molar-refractivity contribution in [2.75, 3.05) is 0 Å². The van der Waals surface area contributed by atoms with Crippen LogP contribution in [0.1, 0.15) is 0 Å². The number of rotatable bonds is 3. The monoisotopic (exact) mass is 384 g/mol. The van der Waals surface area contributed by atoms with Crippen molar-refractivity contribution in [3.8, 4) is 22.8 Å². The van der Waals surface area contributed by atoms with Crippen molar-refractivity contribution >= 4 is 10.8 Å². The van der Waals surface area contributed by atoms with Gasteiger partial charge in [0.25, 0.3) is 0 Å². The summed E-state index contributed by atoms with van der Waals surface area (Å²) >= 11 is 0. The number of para-hydroxylation sites is 1. The van der Waals surface area contributed by atoms with Gasteiger partial charge in [-0.3, -0.25) is 0 Å². The average molecular weight is 385 g/mol. The first-order valence-corrected chi connectivity index (χ1v) is 8.88. The Hall–Kier alpha value is -3.50. The van der Waals surface area contributed by atoms with Crippen molar-refractivity contribution < 1.29 is 17.1 Å². The molecular weight excluding hydrogens is 368 g/mol. The minimum Gasteiger partial charge on any atom is -1.00 e. The normalized spacial score (nSPS) is 10.6. The molecule has 5 rings (SSSR count). The van der Waals surface area contributed by atoms with Crippen molar-refractivity contribution in [3.05, 3.63) is 103 Å². The molecule has 4 nitrogen and oxygen atoms in total. The Morgan fingerprint density at radius 2 is 1.29 bits per heavy atom. The summed E-state index contributed by atoms with van der Waals surface area (Å²) in [5.74, 6) is 0.801. The summed E-state index contributed by atoms with van der Waals surface area (Å²) in [5, 5.41) is 11.3. The van der Waals surface area contributed by atoms with Crippen LogP contribution in [0.5, 0.6) is 0 Å². The van der Waals surface area contributed by atoms with E-state index in [1.807, 2.05) is 53.3 Å². The number of hydrogen-bond acceptors (Lipinski definition) is 2. The standard InChI is InChI=1S/C23H17N4.ClH/c1-3-10-19(11-4-1)23-24-25-27(21-13-5-2-6-14-21)26(23)22-16-15-18-9-7-8-12-20(18)17-22;/h1-17H;1H/q+1;/p-1. The summed E-state index contributed by atoms with van der Waals surface area (Å²) in [6, 6.07) is 35.0. The summed E-state index contributed by atoms with van der Waals surface area (Å²) in [6.45, 7) is 0. The van der Waals surface area contributed by atoms with Crippen molar-refractivity contribution in [2.24, 2.45) is 0 Å². The van der Waals surface area contributed by atoms with Crippen LogP contribution < -0.4 is 17.1 Å². The molecule has 1 heterocycles. The van der Waals surface area contributed by atoms with Crippen LogP contribution in [0, 0.1) is 0 Å². The third-order valence-electron chi connectivity index (χ3n) is 4.61. The molecule has 0 aliphatic rings. The largest absolute Gasteiger partial charge is 1.00 e. The third-order valence-corrected chi connectivity index (χ3v) is 4.61. The molecule has 0 radical (unpaired) electrons. The zero-order valence-electron chi connectivity index (χ0n) is 15.0. The molecule has 0 aliphatic heterocycles. The molecule has 0 aliphatic carbocycles. The second-order valence-electron chi connectivity index (χ2n) is 6.35. The van der Waals surface area contributed by atoms with E-state index in [1.54, 1.807) is 0 Å². The van der Waals surface area contributed by atoms with Crippen LogP contribution in [0.2, 0.25) is 0 Å². The van der Waals surface area contributed by atoms with Crippen LogP contribution in [0.15, 0.2) is 103 Å². The molecule has 28 heavy (non-hydrogen) atoms. The molecule has 0 bridgehead atoms. The Kier molecular flexibility index (Phi) is 4.87. The number of aromatic nitrogens is 4. The number of tetrazole rings is 1. The lowest BCUT2D eigenvalue weighted by atomic mass is 10.1. The van der Waals surface area contributed by atoms with E-state index in [2.05, 4.69) is 69.6 Å². The predicted molar refractivity (Wildman–Crippen MR) is 106 cm³/mol. The summed E-state index contributed by atoms with van der Waals surface area (Å²) < 4.78 is 2.05. The zero-order chi connectivity index (χ0) is 18.1. The van der Waals surface area contributed by atoms with E-state index in [-0.39, 0.29) is 12.4 Å². The molecule has 0 fully saturated rings. The maximum absolute atomic E-state index is 4.50. The van der Waals surface area contributed by atoms with Gasteiger partial charge in [0.05, 0.1) is 5.56 Å². The van der Waals surface area contributed by atoms with E-state index in [9.17, 15) is 0 Å². The highest BCUT2D eigenvalue weighted by atomic mass is 35.5. The summed E-state index contributed by atoms with van der Waals surface area (Å²) in [4.78, 5) is 1.84. The molecule has 1 aromatic heterocycles. The first-order valence-electron chi connectivity index (χ1n) is 8.88. The van der Waals surface area contributed by atoms with Crippen LogP contribution in [0.4, 0.5) is 0 Å². The number of fused-ring (bicyclic) bond motifs is 1. The summed E-state index contributed by atoms with van der Waals surface area (Å²) in [7, 11) is 0. The molecule has 4 aromatic carbocycles. The van der Waals surface area contributed by atoms with Gasteiger partial charge in [0.1, 0.15) is 16.5 Å². The Labute approximate surface area is 169 Å². The van der Waals surface area contributed by atoms with Crippen molar-refractivity contribution in [1.29, 1.82) is 0 Å². The number of benzene rings is 4. The minimum absolute atomic E-state index is 0. The van der Waals surface area contributed by atoms with Crippen LogP contribution in [0.3, 0.4) is 0 Å². The lowest BCUT2D eigenvalue weighted by Gasteiger charge is -2.06. The Morgan fingerprint density at radius 1 is 0.643 bits per heavy atom. The molecule has 0 amide bonds. The van der Waals surface area contributed by atoms with Crippen LogP contribution >= 0.6 is 0 Å². The molecule has 0 N–H and O–H groups in total. The highest BCUT2D eigenvalue weighted by Crippen LogP contribution is 2.19. The van der Waals surface area contributed by atoms with Gasteiger partial charge in [-0.25, -0.2) is 0 Å². The fourth-order valence-corrected chi connectivity index (χ4v) is 3.29. The first kappa shape index (κ1) is 17.9. The van der Waals surface area contributed by atoms with E-state index in [1.165, 1.54) is 10.8 Å². The van der Waals surface area contributed by atoms with Gasteiger partial charge in [-0.2, -0.15) is 0 Å². The number of halogens is 1. The molecule has 5 heteroatoms. The lowest BCUT2D eigenvalue weighted by Crippen LogP contribution is -3.00.